The van der Waals surface area contributed by atoms with Gasteiger partial charge in [0.25, 0.3) is 10.0 Å². The number of hydrogen-bond acceptors (Lipinski definition) is 7. The molecule has 37 heavy (non-hydrogen) atoms. The van der Waals surface area contributed by atoms with E-state index in [1.807, 2.05) is 31.2 Å². The van der Waals surface area contributed by atoms with Gasteiger partial charge in [0.1, 0.15) is 18.0 Å². The first-order valence-electron chi connectivity index (χ1n) is 11.4. The van der Waals surface area contributed by atoms with Crippen molar-refractivity contribution < 1.29 is 32.2 Å². The Hall–Kier alpha value is -3.92. The molecule has 0 aliphatic rings. The van der Waals surface area contributed by atoms with Crippen LogP contribution in [0.2, 0.25) is 0 Å². The monoisotopic (exact) mass is 528 g/mol. The first-order chi connectivity index (χ1) is 17.6. The van der Waals surface area contributed by atoms with E-state index < -0.39 is 22.5 Å². The second-order valence-electron chi connectivity index (χ2n) is 8.30. The average Bonchev–Trinajstić information content (AvgIpc) is 2.91. The van der Waals surface area contributed by atoms with E-state index in [9.17, 15) is 13.2 Å². The van der Waals surface area contributed by atoms with Crippen LogP contribution in [-0.2, 0) is 21.4 Å². The van der Waals surface area contributed by atoms with Gasteiger partial charge in [-0.25, -0.2) is 8.42 Å². The van der Waals surface area contributed by atoms with E-state index in [-0.39, 0.29) is 22.1 Å². The number of anilines is 1. The minimum atomic E-state index is -4.26. The van der Waals surface area contributed by atoms with Crippen LogP contribution < -0.4 is 23.3 Å². The fourth-order valence-corrected chi connectivity index (χ4v) is 5.13. The number of methoxy groups -OCH3 is 4. The first-order valence-corrected chi connectivity index (χ1v) is 12.8. The molecule has 10 heteroatoms. The quantitative estimate of drug-likeness (QED) is 0.373. The highest BCUT2D eigenvalue weighted by Gasteiger charge is 2.31. The molecule has 0 aliphatic heterocycles. The van der Waals surface area contributed by atoms with Gasteiger partial charge >= 0.3 is 0 Å². The minimum Gasteiger partial charge on any atom is -0.497 e. The summed E-state index contributed by atoms with van der Waals surface area (Å²) in [5, 5.41) is 0. The number of sulfonamides is 1. The van der Waals surface area contributed by atoms with Crippen LogP contribution in [-0.4, -0.2) is 61.3 Å². The molecular formula is C27H32N2O7S. The number of nitrogens with zero attached hydrogens (tertiary/aromatic N) is 2. The first kappa shape index (κ1) is 27.7. The van der Waals surface area contributed by atoms with Crippen molar-refractivity contribution in [2.75, 3.05) is 46.3 Å². The number of hydrogen-bond donors (Lipinski definition) is 0. The molecule has 0 saturated heterocycles. The molecule has 0 aliphatic carbocycles. The van der Waals surface area contributed by atoms with Crippen LogP contribution in [0.1, 0.15) is 11.1 Å². The molecule has 0 N–H and O–H groups in total. The molecule has 0 bridgehead atoms. The summed E-state index contributed by atoms with van der Waals surface area (Å²) in [7, 11) is 3.15. The second kappa shape index (κ2) is 11.9. The van der Waals surface area contributed by atoms with Crippen molar-refractivity contribution in [2.45, 2.75) is 18.4 Å². The van der Waals surface area contributed by atoms with Crippen molar-refractivity contribution in [2.24, 2.45) is 0 Å². The van der Waals surface area contributed by atoms with Gasteiger partial charge in [-0.1, -0.05) is 29.8 Å². The van der Waals surface area contributed by atoms with Crippen LogP contribution in [0.3, 0.4) is 0 Å². The van der Waals surface area contributed by atoms with E-state index in [4.69, 9.17) is 18.9 Å². The Bertz CT molecular complexity index is 1340. The van der Waals surface area contributed by atoms with Gasteiger partial charge in [0.05, 0.1) is 39.0 Å². The van der Waals surface area contributed by atoms with Gasteiger partial charge in [0.15, 0.2) is 11.5 Å². The summed E-state index contributed by atoms with van der Waals surface area (Å²) in [6.07, 6.45) is 0. The predicted octanol–water partition coefficient (Wildman–Crippen LogP) is 3.88. The number of amides is 1. The van der Waals surface area contributed by atoms with Crippen LogP contribution in [0.25, 0.3) is 0 Å². The van der Waals surface area contributed by atoms with Crippen LogP contribution in [0.4, 0.5) is 5.69 Å². The van der Waals surface area contributed by atoms with Crippen molar-refractivity contribution in [1.82, 2.24) is 4.90 Å². The maximum atomic E-state index is 14.0. The van der Waals surface area contributed by atoms with Crippen LogP contribution in [0, 0.1) is 6.92 Å². The summed E-state index contributed by atoms with van der Waals surface area (Å²) in [4.78, 5) is 14.8. The summed E-state index contributed by atoms with van der Waals surface area (Å²) in [5.41, 5.74) is 2.19. The molecule has 3 rings (SSSR count). The molecule has 1 amide bonds. The van der Waals surface area contributed by atoms with Crippen molar-refractivity contribution in [3.05, 3.63) is 71.8 Å². The van der Waals surface area contributed by atoms with Gasteiger partial charge in [0, 0.05) is 25.7 Å². The predicted molar refractivity (Wildman–Crippen MR) is 141 cm³/mol. The number of ether oxygens (including phenoxy) is 4. The van der Waals surface area contributed by atoms with E-state index in [1.165, 1.54) is 57.6 Å². The fraction of sp³-hybridized carbons (Fsp3) is 0.296. The molecule has 0 saturated carbocycles. The zero-order valence-electron chi connectivity index (χ0n) is 21.8. The lowest BCUT2D eigenvalue weighted by atomic mass is 10.1. The lowest BCUT2D eigenvalue weighted by Crippen LogP contribution is -2.41. The van der Waals surface area contributed by atoms with Gasteiger partial charge in [-0.05, 0) is 36.8 Å². The van der Waals surface area contributed by atoms with Crippen molar-refractivity contribution in [3.63, 3.8) is 0 Å². The standard InChI is InChI=1S/C27H32N2O7S/c1-19-7-9-20(10-8-19)17-28(2)27(30)18-29(23-15-21(33-3)11-13-24(23)34-4)37(31,32)22-12-14-25(35-5)26(16-22)36-6/h7-16H,17-18H2,1-6H3. The fourth-order valence-electron chi connectivity index (χ4n) is 3.69. The molecular weight excluding hydrogens is 496 g/mol. The zero-order valence-corrected chi connectivity index (χ0v) is 22.7. The molecule has 0 atom stereocenters. The molecule has 0 aromatic heterocycles. The smallest absolute Gasteiger partial charge is 0.265 e. The lowest BCUT2D eigenvalue weighted by Gasteiger charge is -2.28. The van der Waals surface area contributed by atoms with Gasteiger partial charge in [0.2, 0.25) is 5.91 Å². The molecule has 198 valence electrons. The maximum Gasteiger partial charge on any atom is 0.265 e. The van der Waals surface area contributed by atoms with E-state index in [1.54, 1.807) is 19.2 Å². The van der Waals surface area contributed by atoms with Gasteiger partial charge in [-0.15, -0.1) is 0 Å². The number of likely N-dealkylation sites (N-methyl/N-ethyl adjacent to an activating group) is 1. The number of rotatable bonds is 11. The second-order valence-corrected chi connectivity index (χ2v) is 10.2. The molecule has 3 aromatic carbocycles. The Morgan fingerprint density at radius 1 is 0.784 bits per heavy atom. The Kier molecular flexibility index (Phi) is 8.88. The molecule has 3 aromatic rings. The third kappa shape index (κ3) is 6.26. The Labute approximate surface area is 218 Å². The number of carbonyl (C=O) groups excluding carboxylic acids is 1. The Balaban J connectivity index is 2.06. The average molecular weight is 529 g/mol. The SMILES string of the molecule is COc1ccc(OC)c(N(CC(=O)N(C)Cc2ccc(C)cc2)S(=O)(=O)c2ccc(OC)c(OC)c2)c1. The Morgan fingerprint density at radius 2 is 1.41 bits per heavy atom. The number of benzene rings is 3. The lowest BCUT2D eigenvalue weighted by molar-refractivity contribution is -0.128. The van der Waals surface area contributed by atoms with Gasteiger partial charge in [-0.2, -0.15) is 0 Å². The summed E-state index contributed by atoms with van der Waals surface area (Å²) in [6.45, 7) is 1.83. The number of carbonyl (C=O) groups is 1. The van der Waals surface area contributed by atoms with Crippen molar-refractivity contribution in [1.29, 1.82) is 0 Å². The largest absolute Gasteiger partial charge is 0.497 e. The highest BCUT2D eigenvalue weighted by molar-refractivity contribution is 7.92. The molecule has 0 heterocycles. The summed E-state index contributed by atoms with van der Waals surface area (Å²) in [5.74, 6) is 0.877. The number of aryl methyl sites for hydroxylation is 1. The maximum absolute atomic E-state index is 14.0. The van der Waals surface area contributed by atoms with E-state index in [0.717, 1.165) is 15.4 Å². The van der Waals surface area contributed by atoms with Crippen LogP contribution >= 0.6 is 0 Å². The minimum absolute atomic E-state index is 0.0796. The van der Waals surface area contributed by atoms with E-state index in [0.29, 0.717) is 18.0 Å². The van der Waals surface area contributed by atoms with Crippen molar-refractivity contribution >= 4 is 21.6 Å². The van der Waals surface area contributed by atoms with Crippen molar-refractivity contribution in [3.8, 4) is 23.0 Å². The highest BCUT2D eigenvalue weighted by Crippen LogP contribution is 2.37. The van der Waals surface area contributed by atoms with Crippen LogP contribution in [0.15, 0.2) is 65.6 Å². The topological polar surface area (TPSA) is 94.6 Å². The third-order valence-electron chi connectivity index (χ3n) is 5.84. The summed E-state index contributed by atoms with van der Waals surface area (Å²) >= 11 is 0. The summed E-state index contributed by atoms with van der Waals surface area (Å²) < 4.78 is 50.3. The van der Waals surface area contributed by atoms with E-state index >= 15 is 0 Å². The molecule has 0 fully saturated rings. The molecule has 9 nitrogen and oxygen atoms in total. The summed E-state index contributed by atoms with van der Waals surface area (Å²) in [6, 6.07) is 16.8. The zero-order chi connectivity index (χ0) is 27.2. The third-order valence-corrected chi connectivity index (χ3v) is 7.60. The van der Waals surface area contributed by atoms with Gasteiger partial charge in [-0.3, -0.25) is 9.10 Å². The normalized spacial score (nSPS) is 11.0. The molecule has 0 radical (unpaired) electrons. The van der Waals surface area contributed by atoms with Crippen LogP contribution in [0.5, 0.6) is 23.0 Å². The van der Waals surface area contributed by atoms with E-state index in [2.05, 4.69) is 0 Å². The molecule has 0 unspecified atom stereocenters. The highest BCUT2D eigenvalue weighted by atomic mass is 32.2. The molecule has 0 spiro atoms. The van der Waals surface area contributed by atoms with Gasteiger partial charge < -0.3 is 23.8 Å². The Morgan fingerprint density at radius 3 is 2.00 bits per heavy atom.